The van der Waals surface area contributed by atoms with E-state index in [1.165, 1.54) is 12.8 Å². The third-order valence-corrected chi connectivity index (χ3v) is 6.68. The SMILES string of the molecule is O=C(c1ccccc1-c1cnccn1)N1CCC2(CC2)C[C@H]1CNc1ccc(Cl)cn1. The predicted octanol–water partition coefficient (Wildman–Crippen LogP) is 4.69. The molecule has 31 heavy (non-hydrogen) atoms. The Labute approximate surface area is 186 Å². The van der Waals surface area contributed by atoms with Crippen LogP contribution in [0, 0.1) is 5.41 Å². The summed E-state index contributed by atoms with van der Waals surface area (Å²) in [7, 11) is 0. The molecule has 158 valence electrons. The van der Waals surface area contributed by atoms with E-state index in [4.69, 9.17) is 11.6 Å². The van der Waals surface area contributed by atoms with Gasteiger partial charge >= 0.3 is 0 Å². The summed E-state index contributed by atoms with van der Waals surface area (Å²) in [5.41, 5.74) is 2.62. The summed E-state index contributed by atoms with van der Waals surface area (Å²) >= 11 is 5.95. The summed E-state index contributed by atoms with van der Waals surface area (Å²) in [5.74, 6) is 0.819. The summed E-state index contributed by atoms with van der Waals surface area (Å²) in [4.78, 5) is 28.7. The number of halogens is 1. The van der Waals surface area contributed by atoms with Gasteiger partial charge in [0.15, 0.2) is 0 Å². The predicted molar refractivity (Wildman–Crippen MR) is 121 cm³/mol. The van der Waals surface area contributed by atoms with Gasteiger partial charge in [-0.2, -0.15) is 0 Å². The van der Waals surface area contributed by atoms with Crippen LogP contribution in [0.5, 0.6) is 0 Å². The lowest BCUT2D eigenvalue weighted by Gasteiger charge is -2.40. The van der Waals surface area contributed by atoms with Gasteiger partial charge in [-0.1, -0.05) is 29.8 Å². The average Bonchev–Trinajstić information content (AvgIpc) is 3.57. The summed E-state index contributed by atoms with van der Waals surface area (Å²) in [6.07, 6.45) is 11.2. The number of hydrogen-bond acceptors (Lipinski definition) is 5. The maximum absolute atomic E-state index is 13.7. The number of nitrogens with one attached hydrogen (secondary N) is 1. The Morgan fingerprint density at radius 3 is 2.71 bits per heavy atom. The second-order valence-electron chi connectivity index (χ2n) is 8.49. The molecule has 1 atom stereocenters. The van der Waals surface area contributed by atoms with E-state index in [1.807, 2.05) is 41.3 Å². The Hall–Kier alpha value is -2.99. The molecule has 7 heteroatoms. The molecule has 1 aliphatic heterocycles. The molecular weight excluding hydrogens is 410 g/mol. The lowest BCUT2D eigenvalue weighted by atomic mass is 9.87. The smallest absolute Gasteiger partial charge is 0.254 e. The van der Waals surface area contributed by atoms with E-state index in [0.29, 0.717) is 28.2 Å². The van der Waals surface area contributed by atoms with Crippen molar-refractivity contribution in [3.8, 4) is 11.3 Å². The number of rotatable bonds is 5. The molecule has 0 bridgehead atoms. The van der Waals surface area contributed by atoms with Gasteiger partial charge in [0.2, 0.25) is 0 Å². The quantitative estimate of drug-likeness (QED) is 0.632. The molecule has 1 spiro atoms. The van der Waals surface area contributed by atoms with Gasteiger partial charge in [0, 0.05) is 48.8 Å². The molecule has 1 N–H and O–H groups in total. The molecular formula is C24H24ClN5O. The van der Waals surface area contributed by atoms with Gasteiger partial charge < -0.3 is 10.2 Å². The second-order valence-corrected chi connectivity index (χ2v) is 8.92. The number of nitrogens with zero attached hydrogens (tertiary/aromatic N) is 4. The van der Waals surface area contributed by atoms with Crippen LogP contribution in [0.25, 0.3) is 11.3 Å². The van der Waals surface area contributed by atoms with Gasteiger partial charge in [0.25, 0.3) is 5.91 Å². The van der Waals surface area contributed by atoms with E-state index in [9.17, 15) is 4.79 Å². The number of pyridine rings is 1. The minimum Gasteiger partial charge on any atom is -0.368 e. The molecule has 1 saturated heterocycles. The number of amides is 1. The molecule has 0 radical (unpaired) electrons. The average molecular weight is 434 g/mol. The number of carbonyl (C=O) groups is 1. The highest BCUT2D eigenvalue weighted by Gasteiger charge is 2.49. The van der Waals surface area contributed by atoms with Crippen LogP contribution in [0.1, 0.15) is 36.0 Å². The molecule has 6 nitrogen and oxygen atoms in total. The normalized spacial score (nSPS) is 19.3. The maximum atomic E-state index is 13.7. The van der Waals surface area contributed by atoms with Crippen molar-refractivity contribution < 1.29 is 4.79 Å². The van der Waals surface area contributed by atoms with E-state index in [-0.39, 0.29) is 11.9 Å². The fraction of sp³-hybridized carbons (Fsp3) is 0.333. The van der Waals surface area contributed by atoms with E-state index < -0.39 is 0 Å². The number of piperidine rings is 1. The third-order valence-electron chi connectivity index (χ3n) is 6.45. The van der Waals surface area contributed by atoms with Crippen molar-refractivity contribution in [2.75, 3.05) is 18.4 Å². The molecule has 1 aliphatic carbocycles. The molecule has 1 aromatic carbocycles. The Kier molecular flexibility index (Phi) is 5.32. The largest absolute Gasteiger partial charge is 0.368 e. The molecule has 2 aliphatic rings. The first-order valence-electron chi connectivity index (χ1n) is 10.7. The molecule has 2 fully saturated rings. The zero-order valence-corrected chi connectivity index (χ0v) is 17.9. The Morgan fingerprint density at radius 2 is 1.97 bits per heavy atom. The summed E-state index contributed by atoms with van der Waals surface area (Å²) < 4.78 is 0. The molecule has 1 amide bonds. The lowest BCUT2D eigenvalue weighted by molar-refractivity contribution is 0.0546. The number of anilines is 1. The van der Waals surface area contributed by atoms with Gasteiger partial charge in [-0.3, -0.25) is 14.8 Å². The molecule has 3 heterocycles. The monoisotopic (exact) mass is 433 g/mol. The van der Waals surface area contributed by atoms with Gasteiger partial charge in [0.05, 0.1) is 16.9 Å². The topological polar surface area (TPSA) is 71.0 Å². The van der Waals surface area contributed by atoms with Gasteiger partial charge in [-0.15, -0.1) is 0 Å². The first-order chi connectivity index (χ1) is 15.1. The number of hydrogen-bond donors (Lipinski definition) is 1. The second kappa shape index (κ2) is 8.27. The van der Waals surface area contributed by atoms with Crippen LogP contribution in [0.3, 0.4) is 0 Å². The Bertz CT molecular complexity index is 1070. The minimum atomic E-state index is 0.0487. The molecule has 2 aromatic heterocycles. The summed E-state index contributed by atoms with van der Waals surface area (Å²) in [5, 5.41) is 4.01. The van der Waals surface area contributed by atoms with E-state index in [1.54, 1.807) is 24.8 Å². The van der Waals surface area contributed by atoms with Crippen LogP contribution < -0.4 is 5.32 Å². The number of benzene rings is 1. The van der Waals surface area contributed by atoms with Crippen LogP contribution in [0.4, 0.5) is 5.82 Å². The van der Waals surface area contributed by atoms with Gasteiger partial charge in [0.1, 0.15) is 5.82 Å². The first-order valence-corrected chi connectivity index (χ1v) is 11.0. The number of aromatic nitrogens is 3. The lowest BCUT2D eigenvalue weighted by Crippen LogP contribution is -2.50. The van der Waals surface area contributed by atoms with Crippen LogP contribution >= 0.6 is 11.6 Å². The van der Waals surface area contributed by atoms with Crippen molar-refractivity contribution in [1.82, 2.24) is 19.9 Å². The Morgan fingerprint density at radius 1 is 1.10 bits per heavy atom. The fourth-order valence-electron chi connectivity index (χ4n) is 4.52. The van der Waals surface area contributed by atoms with Crippen LogP contribution in [-0.2, 0) is 0 Å². The molecule has 0 unspecified atom stereocenters. The van der Waals surface area contributed by atoms with Crippen LogP contribution in [0.15, 0.2) is 61.2 Å². The Balaban J connectivity index is 1.39. The van der Waals surface area contributed by atoms with Crippen molar-refractivity contribution in [3.63, 3.8) is 0 Å². The van der Waals surface area contributed by atoms with E-state index in [0.717, 1.165) is 30.8 Å². The minimum absolute atomic E-state index is 0.0487. The molecule has 3 aromatic rings. The highest BCUT2D eigenvalue weighted by atomic mass is 35.5. The fourth-order valence-corrected chi connectivity index (χ4v) is 4.63. The van der Waals surface area contributed by atoms with Crippen molar-refractivity contribution in [1.29, 1.82) is 0 Å². The third kappa shape index (κ3) is 4.26. The zero-order valence-electron chi connectivity index (χ0n) is 17.2. The standard InChI is InChI=1S/C24H24ClN5O/c25-17-5-6-22(28-14-17)29-15-18-13-24(7-8-24)9-12-30(18)23(31)20-4-2-1-3-19(20)21-16-26-10-11-27-21/h1-6,10-11,14,16,18H,7-9,12-13,15H2,(H,28,29)/t18-/m0/s1. The van der Waals surface area contributed by atoms with E-state index in [2.05, 4.69) is 20.3 Å². The molecule has 5 rings (SSSR count). The van der Waals surface area contributed by atoms with Crippen LogP contribution in [0.2, 0.25) is 5.02 Å². The van der Waals surface area contributed by atoms with Gasteiger partial charge in [-0.25, -0.2) is 4.98 Å². The van der Waals surface area contributed by atoms with Crippen molar-refractivity contribution >= 4 is 23.3 Å². The number of likely N-dealkylation sites (tertiary alicyclic amines) is 1. The van der Waals surface area contributed by atoms with Crippen molar-refractivity contribution in [2.24, 2.45) is 5.41 Å². The first kappa shape index (κ1) is 19.9. The summed E-state index contributed by atoms with van der Waals surface area (Å²) in [6, 6.07) is 11.5. The highest BCUT2D eigenvalue weighted by Crippen LogP contribution is 2.55. The van der Waals surface area contributed by atoms with Crippen molar-refractivity contribution in [3.05, 3.63) is 71.8 Å². The van der Waals surface area contributed by atoms with E-state index >= 15 is 0 Å². The summed E-state index contributed by atoms with van der Waals surface area (Å²) in [6.45, 7) is 1.43. The van der Waals surface area contributed by atoms with Crippen molar-refractivity contribution in [2.45, 2.75) is 31.7 Å². The zero-order chi connectivity index (χ0) is 21.3. The van der Waals surface area contributed by atoms with Crippen LogP contribution in [-0.4, -0.2) is 44.9 Å². The number of carbonyl (C=O) groups excluding carboxylic acids is 1. The van der Waals surface area contributed by atoms with Gasteiger partial charge in [-0.05, 0) is 49.3 Å². The molecule has 1 saturated carbocycles. The maximum Gasteiger partial charge on any atom is 0.254 e. The highest BCUT2D eigenvalue weighted by molar-refractivity contribution is 6.30.